The summed E-state index contributed by atoms with van der Waals surface area (Å²) >= 11 is 1.51. The lowest BCUT2D eigenvalue weighted by molar-refractivity contribution is 0.476. The van der Waals surface area contributed by atoms with Crippen molar-refractivity contribution in [2.24, 2.45) is 0 Å². The van der Waals surface area contributed by atoms with E-state index < -0.39 is 0 Å². The van der Waals surface area contributed by atoms with Gasteiger partial charge in [-0.15, -0.1) is 11.3 Å². The van der Waals surface area contributed by atoms with Crippen LogP contribution in [0.15, 0.2) is 36.1 Å². The Bertz CT molecular complexity index is 600. The number of hydrogen-bond donors (Lipinski definition) is 1. The van der Waals surface area contributed by atoms with Crippen molar-refractivity contribution in [3.05, 3.63) is 36.1 Å². The number of aromatic hydroxyl groups is 1. The molecule has 0 saturated heterocycles. The normalized spacial score (nSPS) is 10.9. The van der Waals surface area contributed by atoms with Gasteiger partial charge in [-0.2, -0.15) is 5.10 Å². The van der Waals surface area contributed by atoms with Crippen molar-refractivity contribution in [3.63, 3.8) is 0 Å². The quantitative estimate of drug-likeness (QED) is 0.679. The molecular formula is C10H7N3OS. The molecule has 0 aliphatic rings. The molecule has 15 heavy (non-hydrogen) atoms. The molecule has 2 heterocycles. The lowest BCUT2D eigenvalue weighted by atomic mass is 10.2. The molecular weight excluding hydrogens is 210 g/mol. The van der Waals surface area contributed by atoms with E-state index in [0.29, 0.717) is 0 Å². The van der Waals surface area contributed by atoms with Gasteiger partial charge < -0.3 is 5.11 Å². The molecule has 3 aromatic rings. The average Bonchev–Trinajstić information content (AvgIpc) is 2.83. The van der Waals surface area contributed by atoms with Gasteiger partial charge in [0.2, 0.25) is 0 Å². The zero-order valence-electron chi connectivity index (χ0n) is 7.66. The topological polar surface area (TPSA) is 50.9 Å². The second-order valence-electron chi connectivity index (χ2n) is 3.14. The van der Waals surface area contributed by atoms with Crippen molar-refractivity contribution >= 4 is 22.2 Å². The zero-order chi connectivity index (χ0) is 10.3. The first-order valence-corrected chi connectivity index (χ1v) is 5.28. The van der Waals surface area contributed by atoms with Crippen LogP contribution < -0.4 is 0 Å². The number of rotatable bonds is 1. The number of thiazole rings is 1. The molecule has 0 unspecified atom stereocenters. The maximum Gasteiger partial charge on any atom is 0.138 e. The van der Waals surface area contributed by atoms with Gasteiger partial charge in [-0.25, -0.2) is 4.68 Å². The van der Waals surface area contributed by atoms with Crippen molar-refractivity contribution in [2.75, 3.05) is 0 Å². The minimum Gasteiger partial charge on any atom is -0.508 e. The minimum absolute atomic E-state index is 0.244. The summed E-state index contributed by atoms with van der Waals surface area (Å²) < 4.78 is 1.77. The van der Waals surface area contributed by atoms with Crippen LogP contribution in [0.3, 0.4) is 0 Å². The molecule has 4 nitrogen and oxygen atoms in total. The van der Waals surface area contributed by atoms with Crippen LogP contribution in [-0.2, 0) is 0 Å². The number of phenolic OH excluding ortho intramolecular Hbond substituents is 1. The Kier molecular flexibility index (Phi) is 1.72. The van der Waals surface area contributed by atoms with Gasteiger partial charge in [-0.05, 0) is 12.1 Å². The number of benzene rings is 1. The molecule has 1 aromatic carbocycles. The van der Waals surface area contributed by atoms with Crippen LogP contribution in [0, 0.1) is 0 Å². The van der Waals surface area contributed by atoms with Crippen molar-refractivity contribution in [1.82, 2.24) is 14.8 Å². The summed E-state index contributed by atoms with van der Waals surface area (Å²) in [6.45, 7) is 0. The highest BCUT2D eigenvalue weighted by Crippen LogP contribution is 2.23. The first-order valence-electron chi connectivity index (χ1n) is 4.40. The summed E-state index contributed by atoms with van der Waals surface area (Å²) in [6, 6.07) is 5.19. The van der Waals surface area contributed by atoms with Gasteiger partial charge in [0.15, 0.2) is 0 Å². The van der Waals surface area contributed by atoms with E-state index in [1.54, 1.807) is 34.7 Å². The van der Waals surface area contributed by atoms with Gasteiger partial charge in [-0.3, -0.25) is 4.98 Å². The van der Waals surface area contributed by atoms with Crippen LogP contribution in [0.25, 0.3) is 15.9 Å². The molecule has 0 spiro atoms. The Morgan fingerprint density at radius 2 is 2.20 bits per heavy atom. The molecule has 0 aliphatic carbocycles. The fourth-order valence-corrected chi connectivity index (χ4v) is 2.09. The summed E-state index contributed by atoms with van der Waals surface area (Å²) in [5.74, 6) is 0.244. The van der Waals surface area contributed by atoms with Gasteiger partial charge in [-0.1, -0.05) is 0 Å². The van der Waals surface area contributed by atoms with Gasteiger partial charge in [0.25, 0.3) is 0 Å². The standard InChI is InChI=1S/C10H7N3OS/c14-8-2-1-7-4-12-13(9(7)3-8)10-5-11-6-15-10/h1-6,14H. The Morgan fingerprint density at radius 1 is 1.27 bits per heavy atom. The zero-order valence-corrected chi connectivity index (χ0v) is 8.48. The highest BCUT2D eigenvalue weighted by molar-refractivity contribution is 7.12. The largest absolute Gasteiger partial charge is 0.508 e. The molecule has 5 heteroatoms. The maximum atomic E-state index is 9.42. The van der Waals surface area contributed by atoms with E-state index in [9.17, 15) is 5.11 Å². The number of phenols is 1. The predicted octanol–water partition coefficient (Wildman–Crippen LogP) is 2.19. The van der Waals surface area contributed by atoms with Gasteiger partial charge >= 0.3 is 0 Å². The maximum absolute atomic E-state index is 9.42. The predicted molar refractivity (Wildman–Crippen MR) is 58.4 cm³/mol. The van der Waals surface area contributed by atoms with Gasteiger partial charge in [0, 0.05) is 11.5 Å². The molecule has 0 aliphatic heterocycles. The molecule has 1 N–H and O–H groups in total. The summed E-state index contributed by atoms with van der Waals surface area (Å²) in [7, 11) is 0. The lowest BCUT2D eigenvalue weighted by Crippen LogP contribution is -1.91. The highest BCUT2D eigenvalue weighted by Gasteiger charge is 2.06. The van der Waals surface area contributed by atoms with Gasteiger partial charge in [0.1, 0.15) is 10.8 Å². The number of nitrogens with zero attached hydrogens (tertiary/aromatic N) is 3. The molecule has 74 valence electrons. The molecule has 0 atom stereocenters. The van der Waals surface area contributed by atoms with Crippen molar-refractivity contribution < 1.29 is 5.11 Å². The third-order valence-corrected chi connectivity index (χ3v) is 2.93. The molecule has 0 radical (unpaired) electrons. The molecule has 0 bridgehead atoms. The number of aromatic nitrogens is 3. The lowest BCUT2D eigenvalue weighted by Gasteiger charge is -1.98. The van der Waals surface area contributed by atoms with E-state index in [0.717, 1.165) is 15.9 Å². The van der Waals surface area contributed by atoms with E-state index in [1.807, 2.05) is 6.07 Å². The highest BCUT2D eigenvalue weighted by atomic mass is 32.1. The Balaban J connectivity index is 2.32. The Hall–Kier alpha value is -1.88. The van der Waals surface area contributed by atoms with Crippen molar-refractivity contribution in [2.45, 2.75) is 0 Å². The summed E-state index contributed by atoms with van der Waals surface area (Å²) in [5.41, 5.74) is 2.64. The fraction of sp³-hybridized carbons (Fsp3) is 0. The Morgan fingerprint density at radius 3 is 3.00 bits per heavy atom. The van der Waals surface area contributed by atoms with Crippen LogP contribution in [0.4, 0.5) is 0 Å². The van der Waals surface area contributed by atoms with E-state index in [2.05, 4.69) is 10.1 Å². The third kappa shape index (κ3) is 1.28. The summed E-state index contributed by atoms with van der Waals surface area (Å²) in [4.78, 5) is 4.00. The first kappa shape index (κ1) is 8.43. The molecule has 3 rings (SSSR count). The van der Waals surface area contributed by atoms with E-state index in [4.69, 9.17) is 0 Å². The second kappa shape index (κ2) is 3.06. The van der Waals surface area contributed by atoms with E-state index >= 15 is 0 Å². The SMILES string of the molecule is Oc1ccc2cnn(-c3cncs3)c2c1. The summed E-state index contributed by atoms with van der Waals surface area (Å²) in [5, 5.41) is 15.6. The minimum atomic E-state index is 0.244. The second-order valence-corrected chi connectivity index (χ2v) is 4.00. The average molecular weight is 217 g/mol. The first-order chi connectivity index (χ1) is 7.34. The third-order valence-electron chi connectivity index (χ3n) is 2.18. The van der Waals surface area contributed by atoms with Crippen LogP contribution >= 0.6 is 11.3 Å². The van der Waals surface area contributed by atoms with Crippen LogP contribution in [0.1, 0.15) is 0 Å². The molecule has 0 amide bonds. The van der Waals surface area contributed by atoms with E-state index in [1.165, 1.54) is 11.3 Å². The summed E-state index contributed by atoms with van der Waals surface area (Å²) in [6.07, 6.45) is 3.52. The van der Waals surface area contributed by atoms with Crippen molar-refractivity contribution in [1.29, 1.82) is 0 Å². The molecule has 0 fully saturated rings. The number of fused-ring (bicyclic) bond motifs is 1. The number of hydrogen-bond acceptors (Lipinski definition) is 4. The van der Waals surface area contributed by atoms with Gasteiger partial charge in [0.05, 0.1) is 23.4 Å². The van der Waals surface area contributed by atoms with E-state index in [-0.39, 0.29) is 5.75 Å². The van der Waals surface area contributed by atoms with Crippen LogP contribution in [0.2, 0.25) is 0 Å². The smallest absolute Gasteiger partial charge is 0.138 e. The molecule has 2 aromatic heterocycles. The fourth-order valence-electron chi connectivity index (χ4n) is 1.50. The monoisotopic (exact) mass is 217 g/mol. The molecule has 0 saturated carbocycles. The Labute approximate surface area is 89.4 Å². The van der Waals surface area contributed by atoms with Crippen LogP contribution in [-0.4, -0.2) is 19.9 Å². The van der Waals surface area contributed by atoms with Crippen molar-refractivity contribution in [3.8, 4) is 10.8 Å². The van der Waals surface area contributed by atoms with Crippen LogP contribution in [0.5, 0.6) is 5.75 Å².